The van der Waals surface area contributed by atoms with Gasteiger partial charge in [-0.05, 0) is 12.1 Å². The molecule has 1 aromatic rings. The van der Waals surface area contributed by atoms with Gasteiger partial charge in [-0.3, -0.25) is 4.79 Å². The second-order valence-electron chi connectivity index (χ2n) is 2.83. The second kappa shape index (κ2) is 4.33. The first-order valence-electron chi connectivity index (χ1n) is 4.06. The van der Waals surface area contributed by atoms with Crippen LogP contribution >= 0.6 is 0 Å². The van der Waals surface area contributed by atoms with E-state index in [2.05, 4.69) is 11.8 Å². The number of rotatable bonds is 1. The summed E-state index contributed by atoms with van der Waals surface area (Å²) in [4.78, 5) is 10.2. The number of nitrogens with two attached hydrogens (primary N) is 2. The van der Waals surface area contributed by atoms with Crippen LogP contribution in [0.2, 0.25) is 0 Å². The van der Waals surface area contributed by atoms with Gasteiger partial charge in [-0.15, -0.1) is 0 Å². The number of halogens is 1. The van der Waals surface area contributed by atoms with E-state index >= 15 is 0 Å². The van der Waals surface area contributed by atoms with Crippen LogP contribution in [0.15, 0.2) is 12.1 Å². The SMILES string of the molecule is Nc1cc(F)cc(C#CCC(=O)O)c1N. The van der Waals surface area contributed by atoms with Crippen molar-refractivity contribution >= 4 is 17.3 Å². The Bertz CT molecular complexity index is 460. The maximum atomic E-state index is 12.9. The molecule has 0 amide bonds. The molecule has 0 unspecified atom stereocenters. The van der Waals surface area contributed by atoms with Crippen molar-refractivity contribution in [2.75, 3.05) is 11.5 Å². The highest BCUT2D eigenvalue weighted by Gasteiger charge is 2.03. The van der Waals surface area contributed by atoms with Crippen LogP contribution in [-0.4, -0.2) is 11.1 Å². The minimum atomic E-state index is -1.05. The molecule has 0 aliphatic heterocycles. The van der Waals surface area contributed by atoms with Gasteiger partial charge in [0.05, 0.1) is 16.9 Å². The molecule has 78 valence electrons. The zero-order valence-corrected chi connectivity index (χ0v) is 7.75. The van der Waals surface area contributed by atoms with Crippen molar-refractivity contribution in [3.8, 4) is 11.8 Å². The number of nitrogen functional groups attached to an aromatic ring is 2. The highest BCUT2D eigenvalue weighted by Crippen LogP contribution is 2.20. The molecule has 0 saturated heterocycles. The first-order chi connectivity index (χ1) is 7.00. The van der Waals surface area contributed by atoms with Crippen LogP contribution in [-0.2, 0) is 4.79 Å². The molecule has 0 saturated carbocycles. The van der Waals surface area contributed by atoms with Crippen LogP contribution in [0.1, 0.15) is 12.0 Å². The number of hydrogen-bond acceptors (Lipinski definition) is 3. The molecule has 1 aromatic carbocycles. The third-order valence-corrected chi connectivity index (χ3v) is 1.64. The Morgan fingerprint density at radius 1 is 1.47 bits per heavy atom. The van der Waals surface area contributed by atoms with Crippen LogP contribution in [0.4, 0.5) is 15.8 Å². The maximum absolute atomic E-state index is 12.9. The number of hydrogen-bond donors (Lipinski definition) is 3. The van der Waals surface area contributed by atoms with Crippen LogP contribution in [0, 0.1) is 17.7 Å². The lowest BCUT2D eigenvalue weighted by Gasteiger charge is -2.02. The summed E-state index contributed by atoms with van der Waals surface area (Å²) in [5.74, 6) is 3.19. The molecule has 1 rings (SSSR count). The molecule has 15 heavy (non-hydrogen) atoms. The lowest BCUT2D eigenvalue weighted by atomic mass is 10.1. The molecule has 0 spiro atoms. The number of carbonyl (C=O) groups is 1. The van der Waals surface area contributed by atoms with Gasteiger partial charge in [0.1, 0.15) is 12.2 Å². The summed E-state index contributed by atoms with van der Waals surface area (Å²) >= 11 is 0. The molecule has 0 aliphatic carbocycles. The molecule has 0 heterocycles. The minimum Gasteiger partial charge on any atom is -0.481 e. The Kier molecular flexibility index (Phi) is 3.13. The molecular weight excluding hydrogens is 199 g/mol. The van der Waals surface area contributed by atoms with Crippen LogP contribution < -0.4 is 11.5 Å². The van der Waals surface area contributed by atoms with Crippen LogP contribution in [0.25, 0.3) is 0 Å². The van der Waals surface area contributed by atoms with Gasteiger partial charge in [-0.1, -0.05) is 11.8 Å². The highest BCUT2D eigenvalue weighted by atomic mass is 19.1. The maximum Gasteiger partial charge on any atom is 0.315 e. The van der Waals surface area contributed by atoms with Gasteiger partial charge in [0.25, 0.3) is 0 Å². The topological polar surface area (TPSA) is 89.3 Å². The molecule has 0 fully saturated rings. The van der Waals surface area contributed by atoms with Gasteiger partial charge < -0.3 is 16.6 Å². The van der Waals surface area contributed by atoms with Crippen molar-refractivity contribution in [2.24, 2.45) is 0 Å². The molecule has 5 N–H and O–H groups in total. The fraction of sp³-hybridized carbons (Fsp3) is 0.100. The predicted molar refractivity (Wildman–Crippen MR) is 54.4 cm³/mol. The summed E-state index contributed by atoms with van der Waals surface area (Å²) in [7, 11) is 0. The van der Waals surface area contributed by atoms with Crippen LogP contribution in [0.3, 0.4) is 0 Å². The molecule has 4 nitrogen and oxygen atoms in total. The van der Waals surface area contributed by atoms with E-state index in [0.717, 1.165) is 12.1 Å². The van der Waals surface area contributed by atoms with E-state index < -0.39 is 11.8 Å². The average molecular weight is 208 g/mol. The summed E-state index contributed by atoms with van der Waals surface area (Å²) in [5.41, 5.74) is 11.4. The zero-order valence-electron chi connectivity index (χ0n) is 7.75. The number of carboxylic acid groups (broad SMARTS) is 1. The molecule has 0 bridgehead atoms. The van der Waals surface area contributed by atoms with E-state index in [0.29, 0.717) is 0 Å². The van der Waals surface area contributed by atoms with Gasteiger partial charge in [0.2, 0.25) is 0 Å². The zero-order chi connectivity index (χ0) is 11.4. The largest absolute Gasteiger partial charge is 0.481 e. The number of aliphatic carboxylic acids is 1. The first kappa shape index (κ1) is 10.9. The van der Waals surface area contributed by atoms with Gasteiger partial charge in [-0.25, -0.2) is 4.39 Å². The summed E-state index contributed by atoms with van der Waals surface area (Å²) in [6.07, 6.45) is -0.324. The van der Waals surface area contributed by atoms with Gasteiger partial charge >= 0.3 is 5.97 Å². The fourth-order valence-electron chi connectivity index (χ4n) is 0.958. The third-order valence-electron chi connectivity index (χ3n) is 1.64. The average Bonchev–Trinajstić information content (AvgIpc) is 2.12. The number of carboxylic acids is 1. The highest BCUT2D eigenvalue weighted by molar-refractivity contribution is 5.73. The molecule has 5 heteroatoms. The van der Waals surface area contributed by atoms with E-state index in [-0.39, 0.29) is 23.4 Å². The molecule has 0 radical (unpaired) electrons. The van der Waals surface area contributed by atoms with Crippen molar-refractivity contribution in [1.29, 1.82) is 0 Å². The van der Waals surface area contributed by atoms with Gasteiger partial charge in [0.15, 0.2) is 0 Å². The van der Waals surface area contributed by atoms with E-state index in [1.54, 1.807) is 0 Å². The monoisotopic (exact) mass is 208 g/mol. The Hall–Kier alpha value is -2.22. The minimum absolute atomic E-state index is 0.0922. The summed E-state index contributed by atoms with van der Waals surface area (Å²) in [6.45, 7) is 0. The first-order valence-corrected chi connectivity index (χ1v) is 4.06. The second-order valence-corrected chi connectivity index (χ2v) is 2.83. The van der Waals surface area contributed by atoms with Crippen molar-refractivity contribution in [1.82, 2.24) is 0 Å². The van der Waals surface area contributed by atoms with E-state index in [9.17, 15) is 9.18 Å². The van der Waals surface area contributed by atoms with Crippen LogP contribution in [0.5, 0.6) is 0 Å². The smallest absolute Gasteiger partial charge is 0.315 e. The lowest BCUT2D eigenvalue weighted by Crippen LogP contribution is -1.99. The Morgan fingerprint density at radius 3 is 2.73 bits per heavy atom. The predicted octanol–water partition coefficient (Wildman–Crippen LogP) is 0.816. The third kappa shape index (κ3) is 2.88. The molecule has 0 aromatic heterocycles. The summed E-state index contributed by atoms with van der Waals surface area (Å²) < 4.78 is 12.9. The lowest BCUT2D eigenvalue weighted by molar-refractivity contribution is -0.135. The van der Waals surface area contributed by atoms with Gasteiger partial charge in [-0.2, -0.15) is 0 Å². The fourth-order valence-corrected chi connectivity index (χ4v) is 0.958. The van der Waals surface area contributed by atoms with Crippen molar-refractivity contribution in [3.05, 3.63) is 23.5 Å². The van der Waals surface area contributed by atoms with Crippen molar-refractivity contribution < 1.29 is 14.3 Å². The Morgan fingerprint density at radius 2 is 2.13 bits per heavy atom. The van der Waals surface area contributed by atoms with E-state index in [4.69, 9.17) is 16.6 Å². The number of anilines is 2. The molecular formula is C10H9FN2O2. The Balaban J connectivity index is 3.02. The Labute approximate surface area is 85.7 Å². The molecule has 0 atom stereocenters. The quantitative estimate of drug-likeness (QED) is 0.470. The summed E-state index contributed by atoms with van der Waals surface area (Å²) in [6, 6.07) is 2.19. The summed E-state index contributed by atoms with van der Waals surface area (Å²) in [5, 5.41) is 8.34. The van der Waals surface area contributed by atoms with Crippen molar-refractivity contribution in [3.63, 3.8) is 0 Å². The van der Waals surface area contributed by atoms with Crippen molar-refractivity contribution in [2.45, 2.75) is 6.42 Å². The molecule has 0 aliphatic rings. The number of benzene rings is 1. The van der Waals surface area contributed by atoms with E-state index in [1.165, 1.54) is 0 Å². The standard InChI is InChI=1S/C10H9FN2O2/c11-7-4-6(2-1-3-9(14)15)10(13)8(12)5-7/h4-5H,3,12-13H2,(H,14,15). The van der Waals surface area contributed by atoms with Gasteiger partial charge in [0, 0.05) is 0 Å². The van der Waals surface area contributed by atoms with E-state index in [1.807, 2.05) is 0 Å². The normalized spacial score (nSPS) is 9.13.